The van der Waals surface area contributed by atoms with Crippen LogP contribution < -0.4 is 31.1 Å². The Balaban J connectivity index is 0.000000145. The Morgan fingerprint density at radius 1 is 0.558 bits per heavy atom. The molecule has 4 saturated carbocycles. The minimum atomic E-state index is -0.682. The molecule has 7 fully saturated rings. The fourth-order valence-corrected chi connectivity index (χ4v) is 15.6. The molecule has 0 bridgehead atoms. The van der Waals surface area contributed by atoms with Gasteiger partial charge in [-0.15, -0.1) is 0 Å². The van der Waals surface area contributed by atoms with Gasteiger partial charge in [0, 0.05) is 55.3 Å². The van der Waals surface area contributed by atoms with E-state index >= 15 is 0 Å². The van der Waals surface area contributed by atoms with E-state index in [9.17, 15) is 38.4 Å². The summed E-state index contributed by atoms with van der Waals surface area (Å²) >= 11 is 11.3. The number of aromatic nitrogens is 9. The van der Waals surface area contributed by atoms with Gasteiger partial charge in [-0.25, -0.2) is 49.6 Å². The number of rotatable bonds is 9. The van der Waals surface area contributed by atoms with Crippen molar-refractivity contribution in [1.29, 1.82) is 0 Å². The number of nitrogens with one attached hydrogen (secondary N) is 4. The first-order valence-electron chi connectivity index (χ1n) is 32.5. The van der Waals surface area contributed by atoms with E-state index < -0.39 is 17.2 Å². The summed E-state index contributed by atoms with van der Waals surface area (Å²) in [6, 6.07) is 1.93. The Morgan fingerprint density at radius 2 is 1.02 bits per heavy atom. The standard InChI is InChI=1S/C20H28N4O4S.C15H20N4O2S.C15H18N4OS.C9H16N2O.C6H5ClN2OS/c1-19(2,3)28-18(27)23-13-20(8-6-5-7-9-20)24(11-15(23)26)16-14(12-25)10-21-17(22-16)29-4;1-22-14-16-7-11(9-20)13(18-14)19-8-12(21)17-10-15(19)5-3-2-4-6-15;1-21-14-16-8-10-7-11-13(20)17-9-15(5-3-2-4-6-15)19(11)12(10)18-14;12-8-6-11-9(7-10-8)4-2-1-3-5-9;1-11-6-8-2-4(3-10)5(7)9-6/h10,12H,5-9,11,13H2,1-4H3;7,9H,2-6,8,10H2,1H3,(H,17,21);7-8H,2-6,9H2,1H3,(H,17,20);11H,1-7H2,(H,10,12);2-3H,1H3. The van der Waals surface area contributed by atoms with Gasteiger partial charge in [-0.05, 0) is 103 Å². The topological polar surface area (TPSA) is 312 Å². The smallest absolute Gasteiger partial charge is 0.417 e. The molecule has 9 heterocycles. The third-order valence-corrected chi connectivity index (χ3v) is 21.4. The van der Waals surface area contributed by atoms with Crippen molar-refractivity contribution in [2.75, 3.05) is 80.6 Å². The number of ether oxygens (including phenoxy) is 1. The minimum Gasteiger partial charge on any atom is -0.443 e. The first-order valence-corrected chi connectivity index (χ1v) is 37.8. The summed E-state index contributed by atoms with van der Waals surface area (Å²) in [5, 5.41) is 16.0. The fourth-order valence-electron chi connectivity index (χ4n) is 14.0. The molecule has 8 aliphatic rings. The van der Waals surface area contributed by atoms with Crippen molar-refractivity contribution in [3.8, 4) is 0 Å². The van der Waals surface area contributed by atoms with Crippen LogP contribution in [0.1, 0.15) is 191 Å². The molecular formula is C65H87ClN16O9S4. The van der Waals surface area contributed by atoms with E-state index in [2.05, 4.69) is 70.6 Å². The molecule has 4 N–H and O–H groups in total. The van der Waals surface area contributed by atoms with Crippen LogP contribution in [0.5, 0.6) is 0 Å². The van der Waals surface area contributed by atoms with E-state index in [-0.39, 0.29) is 65.0 Å². The van der Waals surface area contributed by atoms with Gasteiger partial charge in [0.05, 0.1) is 59.5 Å². The zero-order valence-electron chi connectivity index (χ0n) is 55.3. The van der Waals surface area contributed by atoms with Crippen LogP contribution >= 0.6 is 58.6 Å². The first kappa shape index (κ1) is 72.7. The maximum absolute atomic E-state index is 12.9. The van der Waals surface area contributed by atoms with E-state index in [1.54, 1.807) is 27.0 Å². The van der Waals surface area contributed by atoms with Crippen LogP contribution in [-0.4, -0.2) is 191 Å². The number of amides is 5. The molecule has 4 aliphatic heterocycles. The second-order valence-corrected chi connectivity index (χ2v) is 29.6. The Hall–Kier alpha value is -6.53. The van der Waals surface area contributed by atoms with Crippen LogP contribution in [0, 0.1) is 0 Å². The number of imide groups is 1. The molecule has 4 spiro atoms. The van der Waals surface area contributed by atoms with E-state index in [0.29, 0.717) is 63.2 Å². The highest BCUT2D eigenvalue weighted by atomic mass is 35.5. The molecule has 4 aliphatic carbocycles. The van der Waals surface area contributed by atoms with Gasteiger partial charge in [0.15, 0.2) is 39.5 Å². The number of thioether (sulfide) groups is 4. The number of halogens is 1. The SMILES string of the molecule is CSc1ncc(C=O)c(Cl)n1.CSc1ncc(C=O)c(N2CC(=O)N(C(=O)OC(C)(C)C)CC23CCCCC3)n1.CSc1ncc(C=O)c(N2CC(=O)NCC23CCCCC3)n1.CSc1ncc2cc3n(c2n1)C1(CCCCC1)CNC3=O.O=C1CNC2(CCCCC2)CN1. The van der Waals surface area contributed by atoms with Gasteiger partial charge in [0.25, 0.3) is 11.8 Å². The molecule has 0 atom stereocenters. The molecule has 25 nitrogen and oxygen atoms in total. The lowest BCUT2D eigenvalue weighted by atomic mass is 9.78. The summed E-state index contributed by atoms with van der Waals surface area (Å²) in [4.78, 5) is 133. The van der Waals surface area contributed by atoms with E-state index in [1.165, 1.54) is 122 Å². The van der Waals surface area contributed by atoms with Gasteiger partial charge >= 0.3 is 6.09 Å². The van der Waals surface area contributed by atoms with Crippen molar-refractivity contribution in [3.05, 3.63) is 58.4 Å². The molecule has 512 valence electrons. The minimum absolute atomic E-state index is 0.00722. The van der Waals surface area contributed by atoms with Gasteiger partial charge in [0.1, 0.15) is 33.7 Å². The maximum Gasteiger partial charge on any atom is 0.417 e. The monoisotopic (exact) mass is 1400 g/mol. The van der Waals surface area contributed by atoms with Crippen molar-refractivity contribution < 1.29 is 43.1 Å². The van der Waals surface area contributed by atoms with E-state index in [4.69, 9.17) is 16.3 Å². The number of anilines is 2. The van der Waals surface area contributed by atoms with Gasteiger partial charge in [-0.1, -0.05) is 136 Å². The van der Waals surface area contributed by atoms with E-state index in [1.807, 2.05) is 42.2 Å². The second kappa shape index (κ2) is 32.7. The number of carbonyl (C=O) groups excluding carboxylic acids is 8. The normalized spacial score (nSPS) is 20.0. The van der Waals surface area contributed by atoms with Crippen LogP contribution in [0.2, 0.25) is 5.15 Å². The summed E-state index contributed by atoms with van der Waals surface area (Å²) in [5.41, 5.74) is 1.80. The Labute approximate surface area is 576 Å². The van der Waals surface area contributed by atoms with Crippen molar-refractivity contribution in [2.24, 2.45) is 0 Å². The number of hydrogen-bond donors (Lipinski definition) is 4. The first-order chi connectivity index (χ1) is 45.7. The van der Waals surface area contributed by atoms with Gasteiger partial charge < -0.3 is 40.4 Å². The van der Waals surface area contributed by atoms with Crippen LogP contribution in [-0.2, 0) is 24.7 Å². The number of nitrogens with zero attached hydrogens (tertiary/aromatic N) is 12. The molecule has 5 aromatic heterocycles. The van der Waals surface area contributed by atoms with Crippen LogP contribution in [0.15, 0.2) is 51.5 Å². The van der Waals surface area contributed by atoms with Crippen LogP contribution in [0.3, 0.4) is 0 Å². The third kappa shape index (κ3) is 17.4. The quantitative estimate of drug-likeness (QED) is 0.0462. The predicted octanol–water partition coefficient (Wildman–Crippen LogP) is 9.58. The highest BCUT2D eigenvalue weighted by Gasteiger charge is 2.50. The Morgan fingerprint density at radius 3 is 1.53 bits per heavy atom. The average Bonchev–Trinajstić information content (AvgIpc) is 1.69. The fraction of sp³-hybridized carbons (Fsp3) is 0.600. The van der Waals surface area contributed by atoms with Crippen molar-refractivity contribution >= 4 is 130 Å². The lowest BCUT2D eigenvalue weighted by Gasteiger charge is -2.52. The van der Waals surface area contributed by atoms with Crippen LogP contribution in [0.4, 0.5) is 16.4 Å². The molecular weight excluding hydrogens is 1310 g/mol. The molecule has 5 amide bonds. The Kier molecular flexibility index (Phi) is 25.0. The van der Waals surface area contributed by atoms with Crippen molar-refractivity contribution in [2.45, 2.75) is 198 Å². The molecule has 30 heteroatoms. The number of hydrogen-bond acceptors (Lipinski definition) is 24. The van der Waals surface area contributed by atoms with Crippen LogP contribution in [0.25, 0.3) is 11.0 Å². The lowest BCUT2D eigenvalue weighted by Crippen LogP contribution is -2.67. The second-order valence-electron chi connectivity index (χ2n) is 26.1. The number of piperazine rings is 3. The van der Waals surface area contributed by atoms with Crippen molar-refractivity contribution in [1.82, 2.24) is 70.6 Å². The molecule has 95 heavy (non-hydrogen) atoms. The zero-order valence-corrected chi connectivity index (χ0v) is 59.3. The number of fused-ring (bicyclic) bond motifs is 4. The summed E-state index contributed by atoms with van der Waals surface area (Å²) in [6.45, 7) is 8.51. The predicted molar refractivity (Wildman–Crippen MR) is 369 cm³/mol. The molecule has 13 rings (SSSR count). The van der Waals surface area contributed by atoms with Gasteiger partial charge in [-0.3, -0.25) is 33.6 Å². The van der Waals surface area contributed by atoms with E-state index in [0.717, 1.165) is 118 Å². The molecule has 0 unspecified atom stereocenters. The molecule has 0 radical (unpaired) electrons. The maximum atomic E-state index is 12.9. The summed E-state index contributed by atoms with van der Waals surface area (Å²) in [6.07, 6.45) is 38.1. The average molecular weight is 1400 g/mol. The highest BCUT2D eigenvalue weighted by molar-refractivity contribution is 7.99. The zero-order chi connectivity index (χ0) is 68.0. The summed E-state index contributed by atoms with van der Waals surface area (Å²) < 4.78 is 7.68. The summed E-state index contributed by atoms with van der Waals surface area (Å²) in [7, 11) is 0. The number of aldehydes is 3. The lowest BCUT2D eigenvalue weighted by molar-refractivity contribution is -0.132. The Bertz CT molecular complexity index is 3580. The van der Waals surface area contributed by atoms with Gasteiger partial charge in [0.2, 0.25) is 11.8 Å². The molecule has 3 saturated heterocycles. The summed E-state index contributed by atoms with van der Waals surface area (Å²) in [5.74, 6) is 0.861. The highest BCUT2D eigenvalue weighted by Crippen LogP contribution is 2.43. The van der Waals surface area contributed by atoms with Gasteiger partial charge in [-0.2, -0.15) is 0 Å². The number of carbonyl (C=O) groups is 8. The largest absolute Gasteiger partial charge is 0.443 e. The molecule has 0 aromatic carbocycles. The van der Waals surface area contributed by atoms with Crippen molar-refractivity contribution in [3.63, 3.8) is 0 Å². The molecule has 5 aromatic rings. The third-order valence-electron chi connectivity index (χ3n) is 18.9.